The zero-order valence-corrected chi connectivity index (χ0v) is 21.1. The fraction of sp³-hybridized carbons (Fsp3) is 0.462. The first kappa shape index (κ1) is 24.7. The number of nitrogens with one attached hydrogen (secondary N) is 1. The van der Waals surface area contributed by atoms with Crippen LogP contribution in [0.1, 0.15) is 70.7 Å². The summed E-state index contributed by atoms with van der Waals surface area (Å²) in [4.78, 5) is 18.3. The molecule has 0 saturated carbocycles. The number of ether oxygens (including phenoxy) is 1. The van der Waals surface area contributed by atoms with Crippen molar-refractivity contribution in [1.29, 1.82) is 0 Å². The van der Waals surface area contributed by atoms with Gasteiger partial charge in [-0.15, -0.1) is 5.10 Å². The summed E-state index contributed by atoms with van der Waals surface area (Å²) in [5.41, 5.74) is 1.08. The summed E-state index contributed by atoms with van der Waals surface area (Å²) >= 11 is 0. The lowest BCUT2D eigenvalue weighted by molar-refractivity contribution is 0.140. The van der Waals surface area contributed by atoms with Crippen molar-refractivity contribution in [3.05, 3.63) is 70.2 Å². The molecule has 1 N–H and O–H groups in total. The van der Waals surface area contributed by atoms with Crippen LogP contribution in [0, 0.1) is 0 Å². The van der Waals surface area contributed by atoms with Crippen LogP contribution in [0.4, 0.5) is 0 Å². The van der Waals surface area contributed by atoms with Crippen molar-refractivity contribution < 1.29 is 9.15 Å². The Balaban J connectivity index is 1.75. The molecule has 0 unspecified atom stereocenters. The van der Waals surface area contributed by atoms with Gasteiger partial charge in [0, 0.05) is 23.0 Å². The summed E-state index contributed by atoms with van der Waals surface area (Å²) in [6.07, 6.45) is 3.31. The second-order valence-corrected chi connectivity index (χ2v) is 9.33. The van der Waals surface area contributed by atoms with Crippen LogP contribution in [0.15, 0.2) is 51.9 Å². The zero-order chi connectivity index (χ0) is 25.0. The van der Waals surface area contributed by atoms with E-state index in [1.807, 2.05) is 48.0 Å². The van der Waals surface area contributed by atoms with Crippen LogP contribution in [0.5, 0.6) is 5.75 Å². The fourth-order valence-corrected chi connectivity index (χ4v) is 4.29. The highest BCUT2D eigenvalue weighted by Gasteiger charge is 2.31. The van der Waals surface area contributed by atoms with E-state index in [1.165, 1.54) is 0 Å². The molecular weight excluding hydrogens is 444 g/mol. The molecule has 4 aromatic rings. The Morgan fingerprint density at radius 1 is 1.17 bits per heavy atom. The van der Waals surface area contributed by atoms with Crippen LogP contribution in [0.2, 0.25) is 0 Å². The molecule has 3 aromatic heterocycles. The minimum absolute atomic E-state index is 0.116. The number of rotatable bonds is 11. The molecule has 0 bridgehead atoms. The van der Waals surface area contributed by atoms with Crippen molar-refractivity contribution in [2.24, 2.45) is 0 Å². The lowest BCUT2D eigenvalue weighted by Crippen LogP contribution is -2.36. The van der Waals surface area contributed by atoms with E-state index in [0.717, 1.165) is 41.1 Å². The summed E-state index contributed by atoms with van der Waals surface area (Å²) in [5, 5.41) is 13.7. The quantitative estimate of drug-likeness (QED) is 0.330. The second kappa shape index (κ2) is 10.4. The van der Waals surface area contributed by atoms with Crippen LogP contribution in [0.3, 0.4) is 0 Å². The van der Waals surface area contributed by atoms with Gasteiger partial charge in [0.2, 0.25) is 0 Å². The summed E-state index contributed by atoms with van der Waals surface area (Å²) < 4.78 is 13.2. The normalized spacial score (nSPS) is 13.0. The molecule has 0 spiro atoms. The van der Waals surface area contributed by atoms with E-state index < -0.39 is 0 Å². The van der Waals surface area contributed by atoms with Crippen molar-refractivity contribution in [1.82, 2.24) is 30.1 Å². The molecule has 0 aliphatic rings. The zero-order valence-electron chi connectivity index (χ0n) is 21.1. The number of nitrogens with zero attached hydrogens (tertiary/aromatic N) is 5. The van der Waals surface area contributed by atoms with Gasteiger partial charge in [-0.1, -0.05) is 13.8 Å². The van der Waals surface area contributed by atoms with Crippen LogP contribution < -0.4 is 10.3 Å². The average molecular weight is 479 g/mol. The predicted molar refractivity (Wildman–Crippen MR) is 134 cm³/mol. The predicted octanol–water partition coefficient (Wildman–Crippen LogP) is 4.80. The van der Waals surface area contributed by atoms with Gasteiger partial charge in [-0.3, -0.25) is 9.69 Å². The number of hydrogen-bond acceptors (Lipinski definition) is 7. The molecule has 0 aliphatic carbocycles. The molecule has 3 heterocycles. The molecule has 9 heteroatoms. The fourth-order valence-electron chi connectivity index (χ4n) is 4.29. The number of hydrogen-bond donors (Lipinski definition) is 1. The lowest BCUT2D eigenvalue weighted by Gasteiger charge is -2.32. The third-order valence-electron chi connectivity index (χ3n) is 6.57. The average Bonchev–Trinajstić information content (AvgIpc) is 3.53. The number of aromatic amines is 1. The summed E-state index contributed by atoms with van der Waals surface area (Å²) in [7, 11) is 0. The largest absolute Gasteiger partial charge is 0.494 e. The van der Waals surface area contributed by atoms with Crippen molar-refractivity contribution in [2.45, 2.75) is 72.1 Å². The van der Waals surface area contributed by atoms with Gasteiger partial charge in [0.1, 0.15) is 11.5 Å². The first-order chi connectivity index (χ1) is 16.9. The number of pyridine rings is 1. The SMILES string of the molecule is CCOc1ccc2[nH]c(=O)c(CN(Cc3ccco3)[C@H](CC)c3nnnn3C(C)(C)CC)cc2c1. The van der Waals surface area contributed by atoms with E-state index in [4.69, 9.17) is 9.15 Å². The van der Waals surface area contributed by atoms with Crippen molar-refractivity contribution in [3.8, 4) is 5.75 Å². The number of benzene rings is 1. The van der Waals surface area contributed by atoms with Gasteiger partial charge in [0.05, 0.1) is 31.0 Å². The van der Waals surface area contributed by atoms with Crippen molar-refractivity contribution in [2.75, 3.05) is 6.61 Å². The first-order valence-electron chi connectivity index (χ1n) is 12.2. The minimum atomic E-state index is -0.237. The van der Waals surface area contributed by atoms with E-state index in [0.29, 0.717) is 25.3 Å². The molecular formula is C26H34N6O3. The Bertz CT molecular complexity index is 1310. The third kappa shape index (κ3) is 5.30. The maximum Gasteiger partial charge on any atom is 0.252 e. The second-order valence-electron chi connectivity index (χ2n) is 9.33. The Morgan fingerprint density at radius 2 is 2.00 bits per heavy atom. The smallest absolute Gasteiger partial charge is 0.252 e. The summed E-state index contributed by atoms with van der Waals surface area (Å²) in [6, 6.07) is 11.3. The number of furan rings is 1. The lowest BCUT2D eigenvalue weighted by atomic mass is 10.0. The maximum absolute atomic E-state index is 13.1. The Kier molecular flexibility index (Phi) is 7.35. The highest BCUT2D eigenvalue weighted by molar-refractivity contribution is 5.80. The minimum Gasteiger partial charge on any atom is -0.494 e. The van der Waals surface area contributed by atoms with Gasteiger partial charge in [0.25, 0.3) is 5.56 Å². The third-order valence-corrected chi connectivity index (χ3v) is 6.57. The van der Waals surface area contributed by atoms with E-state index in [9.17, 15) is 4.79 Å². The van der Waals surface area contributed by atoms with Crippen LogP contribution in [-0.4, -0.2) is 36.7 Å². The van der Waals surface area contributed by atoms with Crippen LogP contribution >= 0.6 is 0 Å². The molecule has 0 fully saturated rings. The van der Waals surface area contributed by atoms with E-state index >= 15 is 0 Å². The standard InChI is InChI=1S/C26H34N6O3/c1-6-23(24-28-29-30-32(24)26(4,5)7-2)31(17-21-10-9-13-35-21)16-19-14-18-15-20(34-8-3)11-12-22(18)27-25(19)33/h9-15,23H,6-8,16-17H2,1-5H3,(H,27,33)/t23-/m1/s1. The van der Waals surface area contributed by atoms with Gasteiger partial charge in [-0.2, -0.15) is 0 Å². The maximum atomic E-state index is 13.1. The molecule has 1 atom stereocenters. The molecule has 0 amide bonds. The summed E-state index contributed by atoms with van der Waals surface area (Å²) in [6.45, 7) is 11.9. The summed E-state index contributed by atoms with van der Waals surface area (Å²) in [5.74, 6) is 2.37. The monoisotopic (exact) mass is 478 g/mol. The van der Waals surface area contributed by atoms with Crippen molar-refractivity contribution >= 4 is 10.9 Å². The number of aromatic nitrogens is 5. The van der Waals surface area contributed by atoms with Gasteiger partial charge in [-0.05, 0) is 80.4 Å². The Morgan fingerprint density at radius 3 is 2.69 bits per heavy atom. The molecule has 0 aliphatic heterocycles. The highest BCUT2D eigenvalue weighted by Crippen LogP contribution is 2.30. The highest BCUT2D eigenvalue weighted by atomic mass is 16.5. The van der Waals surface area contributed by atoms with E-state index in [1.54, 1.807) is 6.26 Å². The molecule has 0 saturated heterocycles. The van der Waals surface area contributed by atoms with Crippen LogP contribution in [0.25, 0.3) is 10.9 Å². The van der Waals surface area contributed by atoms with E-state index in [-0.39, 0.29) is 17.1 Å². The topological polar surface area (TPSA) is 102 Å². The van der Waals surface area contributed by atoms with Crippen molar-refractivity contribution in [3.63, 3.8) is 0 Å². The number of tetrazole rings is 1. The number of fused-ring (bicyclic) bond motifs is 1. The molecule has 186 valence electrons. The Labute approximate surface area is 205 Å². The number of H-pyrrole nitrogens is 1. The molecule has 4 rings (SSSR count). The van der Waals surface area contributed by atoms with Crippen LogP contribution in [-0.2, 0) is 18.6 Å². The van der Waals surface area contributed by atoms with Gasteiger partial charge < -0.3 is 14.1 Å². The Hall–Kier alpha value is -3.46. The van der Waals surface area contributed by atoms with Gasteiger partial charge >= 0.3 is 0 Å². The van der Waals surface area contributed by atoms with Gasteiger partial charge in [0.15, 0.2) is 5.82 Å². The molecule has 9 nitrogen and oxygen atoms in total. The van der Waals surface area contributed by atoms with Gasteiger partial charge in [-0.25, -0.2) is 4.68 Å². The molecule has 0 radical (unpaired) electrons. The van der Waals surface area contributed by atoms with E-state index in [2.05, 4.69) is 53.1 Å². The molecule has 35 heavy (non-hydrogen) atoms. The molecule has 1 aromatic carbocycles. The first-order valence-corrected chi connectivity index (χ1v) is 12.2.